The van der Waals surface area contributed by atoms with E-state index in [0.717, 1.165) is 17.3 Å². The van der Waals surface area contributed by atoms with Gasteiger partial charge in [0.05, 0.1) is 10.1 Å². The molecule has 1 aromatic carbocycles. The molecule has 5 nitrogen and oxygen atoms in total. The van der Waals surface area contributed by atoms with Crippen LogP contribution in [-0.2, 0) is 0 Å². The first-order chi connectivity index (χ1) is 10.9. The average molecular weight is 382 g/mol. The number of fused-ring (bicyclic) bond motifs is 3. The number of piperidine rings is 1. The van der Waals surface area contributed by atoms with Gasteiger partial charge in [0.15, 0.2) is 11.5 Å². The van der Waals surface area contributed by atoms with E-state index in [1.165, 1.54) is 0 Å². The molecule has 2 saturated heterocycles. The molecule has 6 heteroatoms. The second-order valence-corrected chi connectivity index (χ2v) is 7.84. The molecule has 124 valence electrons. The Bertz CT molecular complexity index is 644. The van der Waals surface area contributed by atoms with E-state index in [1.807, 2.05) is 17.9 Å². The van der Waals surface area contributed by atoms with Crippen molar-refractivity contribution in [1.82, 2.24) is 4.90 Å². The fraction of sp³-hybridized carbons (Fsp3) is 0.588. The molecule has 2 bridgehead atoms. The van der Waals surface area contributed by atoms with Gasteiger partial charge in [0.1, 0.15) is 13.2 Å². The summed E-state index contributed by atoms with van der Waals surface area (Å²) in [5, 5.41) is 10.3. The molecule has 0 aliphatic carbocycles. The maximum Gasteiger partial charge on any atom is 0.254 e. The molecule has 23 heavy (non-hydrogen) atoms. The van der Waals surface area contributed by atoms with Crippen LogP contribution in [0, 0.1) is 0 Å². The Morgan fingerprint density at radius 2 is 1.91 bits per heavy atom. The van der Waals surface area contributed by atoms with Gasteiger partial charge in [-0.05, 0) is 60.7 Å². The van der Waals surface area contributed by atoms with E-state index in [1.54, 1.807) is 6.07 Å². The molecular weight excluding hydrogens is 362 g/mol. The molecule has 1 amide bonds. The Hall–Kier alpha value is -1.27. The molecule has 1 aromatic rings. The number of hydrogen-bond acceptors (Lipinski definition) is 4. The number of carbonyl (C=O) groups excluding carboxylic acids is 1. The van der Waals surface area contributed by atoms with Gasteiger partial charge >= 0.3 is 0 Å². The quantitative estimate of drug-likeness (QED) is 0.812. The van der Waals surface area contributed by atoms with E-state index in [-0.39, 0.29) is 18.0 Å². The third-order valence-electron chi connectivity index (χ3n) is 5.05. The van der Waals surface area contributed by atoms with Crippen molar-refractivity contribution in [2.45, 2.75) is 50.3 Å². The Kier molecular flexibility index (Phi) is 3.57. The van der Waals surface area contributed by atoms with Crippen LogP contribution in [0.15, 0.2) is 16.6 Å². The second kappa shape index (κ2) is 5.38. The third kappa shape index (κ3) is 2.62. The number of hydrogen-bond donors (Lipinski definition) is 1. The van der Waals surface area contributed by atoms with Gasteiger partial charge in [0, 0.05) is 17.6 Å². The summed E-state index contributed by atoms with van der Waals surface area (Å²) in [7, 11) is 0. The lowest BCUT2D eigenvalue weighted by atomic mass is 9.87. The summed E-state index contributed by atoms with van der Waals surface area (Å²) in [6, 6.07) is 3.84. The van der Waals surface area contributed by atoms with E-state index in [9.17, 15) is 9.90 Å². The molecule has 1 N–H and O–H groups in total. The highest BCUT2D eigenvalue weighted by Crippen LogP contribution is 2.43. The molecule has 0 saturated carbocycles. The molecular formula is C17H20BrNO4. The van der Waals surface area contributed by atoms with Gasteiger partial charge in [-0.25, -0.2) is 0 Å². The predicted molar refractivity (Wildman–Crippen MR) is 88.0 cm³/mol. The first kappa shape index (κ1) is 15.3. The monoisotopic (exact) mass is 381 g/mol. The number of benzene rings is 1. The SMILES string of the molecule is CC1(O)C[C@H]2CC[C@@H](C1)N2C(=O)c1cc(Br)c2c(c1)OCCO2. The van der Waals surface area contributed by atoms with Gasteiger partial charge in [-0.15, -0.1) is 0 Å². The van der Waals surface area contributed by atoms with Gasteiger partial charge in [-0.1, -0.05) is 0 Å². The molecule has 2 fully saturated rings. The largest absolute Gasteiger partial charge is 0.486 e. The van der Waals surface area contributed by atoms with Crippen LogP contribution in [0.2, 0.25) is 0 Å². The first-order valence-corrected chi connectivity index (χ1v) is 8.88. The molecule has 3 aliphatic heterocycles. The van der Waals surface area contributed by atoms with E-state index >= 15 is 0 Å². The Morgan fingerprint density at radius 3 is 2.61 bits per heavy atom. The molecule has 4 rings (SSSR count). The van der Waals surface area contributed by atoms with Crippen molar-refractivity contribution in [2.75, 3.05) is 13.2 Å². The molecule has 3 aliphatic rings. The molecule has 1 unspecified atom stereocenters. The smallest absolute Gasteiger partial charge is 0.254 e. The number of carbonyl (C=O) groups is 1. The normalized spacial score (nSPS) is 32.0. The fourth-order valence-electron chi connectivity index (χ4n) is 4.18. The Morgan fingerprint density at radius 1 is 1.26 bits per heavy atom. The summed E-state index contributed by atoms with van der Waals surface area (Å²) in [5.74, 6) is 1.30. The lowest BCUT2D eigenvalue weighted by Gasteiger charge is -2.42. The number of amides is 1. The summed E-state index contributed by atoms with van der Waals surface area (Å²) in [4.78, 5) is 15.0. The highest BCUT2D eigenvalue weighted by Gasteiger charge is 2.47. The van der Waals surface area contributed by atoms with Crippen molar-refractivity contribution in [2.24, 2.45) is 0 Å². The standard InChI is InChI=1S/C17H20BrNO4/c1-17(21)8-11-2-3-12(9-17)19(11)16(20)10-6-13(18)15-14(7-10)22-4-5-23-15/h6-7,11-12,21H,2-5,8-9H2,1H3/t11-,12+,17?. The van der Waals surface area contributed by atoms with E-state index < -0.39 is 5.60 Å². The Balaban J connectivity index is 1.64. The van der Waals surface area contributed by atoms with Crippen LogP contribution in [0.1, 0.15) is 43.0 Å². The predicted octanol–water partition coefficient (Wildman–Crippen LogP) is 2.74. The van der Waals surface area contributed by atoms with E-state index in [4.69, 9.17) is 9.47 Å². The van der Waals surface area contributed by atoms with Gasteiger partial charge < -0.3 is 19.5 Å². The van der Waals surface area contributed by atoms with E-state index in [2.05, 4.69) is 15.9 Å². The number of rotatable bonds is 1. The van der Waals surface area contributed by atoms with Crippen molar-refractivity contribution in [3.63, 3.8) is 0 Å². The number of halogens is 1. The molecule has 0 radical (unpaired) electrons. The lowest BCUT2D eigenvalue weighted by Crippen LogP contribution is -2.52. The Labute approximate surface area is 143 Å². The van der Waals surface area contributed by atoms with Crippen LogP contribution in [0.25, 0.3) is 0 Å². The maximum absolute atomic E-state index is 13.0. The summed E-state index contributed by atoms with van der Waals surface area (Å²) < 4.78 is 12.0. The summed E-state index contributed by atoms with van der Waals surface area (Å²) in [6.07, 6.45) is 3.25. The van der Waals surface area contributed by atoms with E-state index in [0.29, 0.717) is 43.1 Å². The summed E-state index contributed by atoms with van der Waals surface area (Å²) >= 11 is 3.47. The summed E-state index contributed by atoms with van der Waals surface area (Å²) in [5.41, 5.74) is -0.0460. The summed E-state index contributed by atoms with van der Waals surface area (Å²) in [6.45, 7) is 2.89. The van der Waals surface area contributed by atoms with Crippen molar-refractivity contribution in [3.05, 3.63) is 22.2 Å². The van der Waals surface area contributed by atoms with Crippen LogP contribution in [0.5, 0.6) is 11.5 Å². The zero-order valence-electron chi connectivity index (χ0n) is 13.0. The third-order valence-corrected chi connectivity index (χ3v) is 5.64. The molecule has 0 spiro atoms. The highest BCUT2D eigenvalue weighted by molar-refractivity contribution is 9.10. The van der Waals surface area contributed by atoms with Crippen LogP contribution in [0.4, 0.5) is 0 Å². The zero-order valence-corrected chi connectivity index (χ0v) is 14.6. The number of nitrogens with zero attached hydrogens (tertiary/aromatic N) is 1. The zero-order chi connectivity index (χ0) is 16.2. The van der Waals surface area contributed by atoms with Crippen molar-refractivity contribution in [3.8, 4) is 11.5 Å². The van der Waals surface area contributed by atoms with Gasteiger partial charge in [-0.2, -0.15) is 0 Å². The minimum absolute atomic E-state index is 0.0191. The topological polar surface area (TPSA) is 59.0 Å². The minimum atomic E-state index is -0.657. The average Bonchev–Trinajstić information content (AvgIpc) is 2.79. The number of aliphatic hydroxyl groups is 1. The highest BCUT2D eigenvalue weighted by atomic mass is 79.9. The van der Waals surface area contributed by atoms with Crippen LogP contribution >= 0.6 is 15.9 Å². The van der Waals surface area contributed by atoms with Gasteiger partial charge in [0.25, 0.3) is 5.91 Å². The molecule has 0 aromatic heterocycles. The van der Waals surface area contributed by atoms with Crippen LogP contribution < -0.4 is 9.47 Å². The number of ether oxygens (including phenoxy) is 2. The van der Waals surface area contributed by atoms with Gasteiger partial charge in [-0.3, -0.25) is 4.79 Å². The van der Waals surface area contributed by atoms with Crippen LogP contribution in [0.3, 0.4) is 0 Å². The molecule has 3 atom stereocenters. The van der Waals surface area contributed by atoms with Crippen LogP contribution in [-0.4, -0.2) is 46.8 Å². The van der Waals surface area contributed by atoms with Gasteiger partial charge in [0.2, 0.25) is 0 Å². The van der Waals surface area contributed by atoms with Crippen molar-refractivity contribution in [1.29, 1.82) is 0 Å². The van der Waals surface area contributed by atoms with Crippen molar-refractivity contribution < 1.29 is 19.4 Å². The molecule has 3 heterocycles. The minimum Gasteiger partial charge on any atom is -0.486 e. The second-order valence-electron chi connectivity index (χ2n) is 6.98. The van der Waals surface area contributed by atoms with Crippen molar-refractivity contribution >= 4 is 21.8 Å². The first-order valence-electron chi connectivity index (χ1n) is 8.09. The maximum atomic E-state index is 13.0. The fourth-order valence-corrected chi connectivity index (χ4v) is 4.73. The lowest BCUT2D eigenvalue weighted by molar-refractivity contribution is -0.0300.